The second-order valence-electron chi connectivity index (χ2n) is 14.6. The Kier molecular flexibility index (Phi) is 7.22. The molecule has 0 heterocycles. The summed E-state index contributed by atoms with van der Waals surface area (Å²) in [5.41, 5.74) is 11.7. The maximum Gasteiger partial charge on any atom is 0.120 e. The molecule has 0 fully saturated rings. The van der Waals surface area contributed by atoms with Crippen LogP contribution in [0.3, 0.4) is 0 Å². The van der Waals surface area contributed by atoms with E-state index in [1.165, 1.54) is 82.0 Å². The predicted octanol–water partition coefficient (Wildman–Crippen LogP) is 13.8. The highest BCUT2D eigenvalue weighted by Gasteiger charge is 2.29. The van der Waals surface area contributed by atoms with Crippen LogP contribution in [0, 0.1) is 0 Å². The fourth-order valence-electron chi connectivity index (χ4n) is 8.58. The molecule has 1 atom stereocenters. The number of rotatable bonds is 5. The zero-order valence-electron chi connectivity index (χ0n) is 29.4. The third-order valence-corrected chi connectivity index (χ3v) is 11.0. The Hall–Kier alpha value is -6.18. The highest BCUT2D eigenvalue weighted by molar-refractivity contribution is 6.04. The molecule has 1 unspecified atom stereocenters. The molecule has 0 aliphatic heterocycles. The van der Waals surface area contributed by atoms with Gasteiger partial charge in [-0.3, -0.25) is 0 Å². The normalized spacial score (nSPS) is 13.9. The van der Waals surface area contributed by atoms with Crippen LogP contribution < -0.4 is 4.74 Å². The lowest BCUT2D eigenvalue weighted by Crippen LogP contribution is -2.13. The molecule has 248 valence electrons. The summed E-state index contributed by atoms with van der Waals surface area (Å²) in [6.07, 6.45) is 1.06. The molecule has 1 aliphatic rings. The van der Waals surface area contributed by atoms with Gasteiger partial charge in [0, 0.05) is 5.92 Å². The fourth-order valence-corrected chi connectivity index (χ4v) is 8.58. The van der Waals surface area contributed by atoms with Gasteiger partial charge in [-0.25, -0.2) is 0 Å². The third kappa shape index (κ3) is 5.24. The Morgan fingerprint density at radius 3 is 1.77 bits per heavy atom. The van der Waals surface area contributed by atoms with Crippen LogP contribution in [0.1, 0.15) is 36.5 Å². The predicted molar refractivity (Wildman–Crippen MR) is 221 cm³/mol. The molecule has 0 N–H and O–H groups in total. The van der Waals surface area contributed by atoms with Crippen molar-refractivity contribution in [3.63, 3.8) is 0 Å². The van der Waals surface area contributed by atoms with Crippen LogP contribution >= 0.6 is 0 Å². The lowest BCUT2D eigenvalue weighted by Gasteiger charge is -2.31. The first kappa shape index (κ1) is 30.6. The van der Waals surface area contributed by atoms with Gasteiger partial charge in [0.1, 0.15) is 5.75 Å². The molecule has 9 aromatic rings. The number of ether oxygens (including phenoxy) is 1. The van der Waals surface area contributed by atoms with Crippen LogP contribution in [0.2, 0.25) is 0 Å². The molecular weight excluding hydrogens is 629 g/mol. The van der Waals surface area contributed by atoms with Gasteiger partial charge < -0.3 is 4.74 Å². The number of benzene rings is 9. The minimum atomic E-state index is 0.0857. The van der Waals surface area contributed by atoms with Crippen molar-refractivity contribution in [2.75, 3.05) is 0 Å². The van der Waals surface area contributed by atoms with Gasteiger partial charge in [0.2, 0.25) is 0 Å². The average Bonchev–Trinajstić information content (AvgIpc) is 3.19. The standard InChI is InChI=1S/C51H38O/c1-32(2)52-44-29-42(39-16-15-33-9-3-4-12-36(33)25-39)28-43(30-44)40-18-17-38-27-41(20-19-37(38)26-40)49-31-50-45-13-7-5-10-34(45)21-24-48(50)51-46-14-8-6-11-35(46)22-23-47(49)51/h3-30,32,49H,31H2,1-2H3. The maximum absolute atomic E-state index is 6.30. The summed E-state index contributed by atoms with van der Waals surface area (Å²) >= 11 is 0. The van der Waals surface area contributed by atoms with Crippen LogP contribution in [-0.2, 0) is 6.42 Å². The summed E-state index contributed by atoms with van der Waals surface area (Å²) in [4.78, 5) is 0. The van der Waals surface area contributed by atoms with Gasteiger partial charge >= 0.3 is 0 Å². The Morgan fingerprint density at radius 2 is 1.02 bits per heavy atom. The molecule has 0 saturated heterocycles. The van der Waals surface area contributed by atoms with Crippen LogP contribution in [-0.4, -0.2) is 6.10 Å². The number of hydrogen-bond donors (Lipinski definition) is 0. The summed E-state index contributed by atoms with van der Waals surface area (Å²) in [6.45, 7) is 4.18. The molecule has 10 rings (SSSR count). The molecule has 0 spiro atoms. The van der Waals surface area contributed by atoms with Crippen molar-refractivity contribution in [2.45, 2.75) is 32.3 Å². The minimum absolute atomic E-state index is 0.0857. The van der Waals surface area contributed by atoms with E-state index in [-0.39, 0.29) is 12.0 Å². The first-order valence-electron chi connectivity index (χ1n) is 18.4. The van der Waals surface area contributed by atoms with Crippen LogP contribution in [0.5, 0.6) is 5.75 Å². The number of fused-ring (bicyclic) bond motifs is 9. The van der Waals surface area contributed by atoms with E-state index in [0.29, 0.717) is 0 Å². The molecule has 52 heavy (non-hydrogen) atoms. The highest BCUT2D eigenvalue weighted by Crippen LogP contribution is 2.48. The molecule has 0 radical (unpaired) electrons. The van der Waals surface area contributed by atoms with Gasteiger partial charge in [-0.1, -0.05) is 140 Å². The van der Waals surface area contributed by atoms with Crippen LogP contribution in [0.15, 0.2) is 170 Å². The van der Waals surface area contributed by atoms with Gasteiger partial charge in [-0.15, -0.1) is 0 Å². The van der Waals surface area contributed by atoms with E-state index in [9.17, 15) is 0 Å². The van der Waals surface area contributed by atoms with Crippen LogP contribution in [0.25, 0.3) is 76.5 Å². The van der Waals surface area contributed by atoms with Crippen molar-refractivity contribution >= 4 is 43.1 Å². The lowest BCUT2D eigenvalue weighted by molar-refractivity contribution is 0.242. The summed E-state index contributed by atoms with van der Waals surface area (Å²) in [6, 6.07) is 63.0. The summed E-state index contributed by atoms with van der Waals surface area (Å²) in [5, 5.41) is 10.3. The van der Waals surface area contributed by atoms with Crippen molar-refractivity contribution in [2.24, 2.45) is 0 Å². The quantitative estimate of drug-likeness (QED) is 0.178. The second kappa shape index (κ2) is 12.2. The van der Waals surface area contributed by atoms with Crippen molar-refractivity contribution < 1.29 is 4.74 Å². The van der Waals surface area contributed by atoms with Crippen molar-refractivity contribution in [3.8, 4) is 39.1 Å². The third-order valence-electron chi connectivity index (χ3n) is 11.0. The zero-order valence-corrected chi connectivity index (χ0v) is 29.4. The fraction of sp³-hybridized carbons (Fsp3) is 0.0980. The molecular formula is C51H38O. The van der Waals surface area contributed by atoms with Crippen molar-refractivity contribution in [3.05, 3.63) is 187 Å². The molecule has 0 bridgehead atoms. The van der Waals surface area contributed by atoms with Gasteiger partial charge in [0.05, 0.1) is 6.10 Å². The summed E-state index contributed by atoms with van der Waals surface area (Å²) in [5.74, 6) is 1.15. The molecule has 1 heteroatoms. The minimum Gasteiger partial charge on any atom is -0.491 e. The first-order valence-corrected chi connectivity index (χ1v) is 18.4. The van der Waals surface area contributed by atoms with Crippen LogP contribution in [0.4, 0.5) is 0 Å². The highest BCUT2D eigenvalue weighted by atomic mass is 16.5. The first-order chi connectivity index (χ1) is 25.6. The van der Waals surface area contributed by atoms with Gasteiger partial charge in [0.25, 0.3) is 0 Å². The van der Waals surface area contributed by atoms with Crippen molar-refractivity contribution in [1.82, 2.24) is 0 Å². The maximum atomic E-state index is 6.30. The topological polar surface area (TPSA) is 9.23 Å². The van der Waals surface area contributed by atoms with Crippen molar-refractivity contribution in [1.29, 1.82) is 0 Å². The Bertz CT molecular complexity index is 2840. The van der Waals surface area contributed by atoms with E-state index >= 15 is 0 Å². The van der Waals surface area contributed by atoms with E-state index in [2.05, 4.69) is 184 Å². The van der Waals surface area contributed by atoms with E-state index in [4.69, 9.17) is 4.74 Å². The largest absolute Gasteiger partial charge is 0.491 e. The molecule has 0 aromatic heterocycles. The summed E-state index contributed by atoms with van der Waals surface area (Å²) < 4.78 is 6.30. The molecule has 9 aromatic carbocycles. The van der Waals surface area contributed by atoms with Gasteiger partial charge in [-0.05, 0) is 144 Å². The van der Waals surface area contributed by atoms with E-state index in [1.807, 2.05) is 0 Å². The Labute approximate surface area is 304 Å². The van der Waals surface area contributed by atoms with E-state index in [1.54, 1.807) is 0 Å². The SMILES string of the molecule is CC(C)Oc1cc(-c2ccc3ccccc3c2)cc(-c2ccc3cc(C4Cc5c(ccc6ccccc56)-c5c4ccc4ccccc54)ccc3c2)c1. The number of hydrogen-bond acceptors (Lipinski definition) is 1. The lowest BCUT2D eigenvalue weighted by atomic mass is 9.73. The molecule has 1 aliphatic carbocycles. The Balaban J connectivity index is 1.07. The monoisotopic (exact) mass is 666 g/mol. The van der Waals surface area contributed by atoms with E-state index in [0.717, 1.165) is 23.3 Å². The van der Waals surface area contributed by atoms with E-state index < -0.39 is 0 Å². The smallest absolute Gasteiger partial charge is 0.120 e. The average molecular weight is 667 g/mol. The summed E-state index contributed by atoms with van der Waals surface area (Å²) in [7, 11) is 0. The van der Waals surface area contributed by atoms with Gasteiger partial charge in [-0.2, -0.15) is 0 Å². The molecule has 1 nitrogen and oxygen atoms in total. The van der Waals surface area contributed by atoms with Gasteiger partial charge in [0.15, 0.2) is 0 Å². The zero-order chi connectivity index (χ0) is 34.8. The second-order valence-corrected chi connectivity index (χ2v) is 14.6. The molecule has 0 saturated carbocycles. The molecule has 0 amide bonds. The Morgan fingerprint density at radius 1 is 0.462 bits per heavy atom.